The maximum absolute atomic E-state index is 10.2. The zero-order chi connectivity index (χ0) is 19.3. The van der Waals surface area contributed by atoms with Crippen molar-refractivity contribution in [3.05, 3.63) is 71.8 Å². The molecule has 0 spiro atoms. The van der Waals surface area contributed by atoms with Crippen molar-refractivity contribution in [2.24, 2.45) is 0 Å². The highest BCUT2D eigenvalue weighted by molar-refractivity contribution is 7.99. The molecule has 0 saturated heterocycles. The minimum absolute atomic E-state index is 0.184. The highest BCUT2D eigenvalue weighted by Crippen LogP contribution is 2.25. The molecule has 1 unspecified atom stereocenters. The minimum Gasteiger partial charge on any atom is -0.491 e. The van der Waals surface area contributed by atoms with Crippen LogP contribution >= 0.6 is 23.4 Å². The zero-order valence-corrected chi connectivity index (χ0v) is 16.4. The molecule has 7 heteroatoms. The first-order chi connectivity index (χ1) is 13.7. The van der Waals surface area contributed by atoms with E-state index >= 15 is 0 Å². The van der Waals surface area contributed by atoms with Gasteiger partial charge in [-0.2, -0.15) is 0 Å². The van der Waals surface area contributed by atoms with Crippen molar-refractivity contribution >= 4 is 34.1 Å². The second-order valence-corrected chi connectivity index (χ2v) is 7.57. The van der Waals surface area contributed by atoms with Gasteiger partial charge in [-0.15, -0.1) is 10.2 Å². The van der Waals surface area contributed by atoms with Crippen LogP contribution in [0, 0.1) is 0 Å². The van der Waals surface area contributed by atoms with Crippen LogP contribution in [0.5, 0.6) is 5.75 Å². The number of benzene rings is 3. The molecule has 142 valence electrons. The number of hydrogen-bond acceptors (Lipinski definition) is 6. The van der Waals surface area contributed by atoms with Gasteiger partial charge in [0.05, 0.1) is 6.10 Å². The third-order valence-corrected chi connectivity index (χ3v) is 5.28. The Morgan fingerprint density at radius 3 is 2.61 bits per heavy atom. The summed E-state index contributed by atoms with van der Waals surface area (Å²) < 4.78 is 11.3. The third kappa shape index (κ3) is 4.65. The summed E-state index contributed by atoms with van der Waals surface area (Å²) in [5.41, 5.74) is 0.795. The van der Waals surface area contributed by atoms with E-state index in [1.54, 1.807) is 12.1 Å². The normalized spacial score (nSPS) is 12.2. The molecule has 3 aromatic carbocycles. The van der Waals surface area contributed by atoms with Crippen molar-refractivity contribution in [3.8, 4) is 17.2 Å². The first-order valence-corrected chi connectivity index (χ1v) is 10.1. The molecule has 0 bridgehead atoms. The molecular weight excluding hydrogens is 396 g/mol. The fourth-order valence-electron chi connectivity index (χ4n) is 2.64. The maximum atomic E-state index is 10.2. The number of aromatic nitrogens is 2. The Kier molecular flexibility index (Phi) is 5.81. The lowest BCUT2D eigenvalue weighted by atomic mass is 10.1. The Hall–Kier alpha value is -2.54. The highest BCUT2D eigenvalue weighted by Gasteiger charge is 2.12. The van der Waals surface area contributed by atoms with Gasteiger partial charge in [0, 0.05) is 16.3 Å². The second-order valence-electron chi connectivity index (χ2n) is 6.16. The van der Waals surface area contributed by atoms with Crippen molar-refractivity contribution in [2.75, 3.05) is 12.4 Å². The van der Waals surface area contributed by atoms with E-state index in [0.717, 1.165) is 22.1 Å². The Bertz CT molecular complexity index is 1070. The van der Waals surface area contributed by atoms with Crippen LogP contribution in [0.3, 0.4) is 0 Å². The van der Waals surface area contributed by atoms with Crippen molar-refractivity contribution in [1.82, 2.24) is 10.2 Å². The molecule has 0 radical (unpaired) electrons. The van der Waals surface area contributed by atoms with E-state index in [2.05, 4.69) is 10.2 Å². The maximum Gasteiger partial charge on any atom is 0.276 e. The highest BCUT2D eigenvalue weighted by atomic mass is 35.5. The zero-order valence-electron chi connectivity index (χ0n) is 14.8. The summed E-state index contributed by atoms with van der Waals surface area (Å²) in [5, 5.41) is 21.5. The van der Waals surface area contributed by atoms with Gasteiger partial charge < -0.3 is 14.3 Å². The van der Waals surface area contributed by atoms with Gasteiger partial charge in [0.25, 0.3) is 5.22 Å². The van der Waals surface area contributed by atoms with E-state index in [0.29, 0.717) is 21.9 Å². The fraction of sp³-hybridized carbons (Fsp3) is 0.143. The number of fused-ring (bicyclic) bond motifs is 1. The summed E-state index contributed by atoms with van der Waals surface area (Å²) in [7, 11) is 0. The van der Waals surface area contributed by atoms with E-state index in [-0.39, 0.29) is 6.61 Å². The minimum atomic E-state index is -0.664. The van der Waals surface area contributed by atoms with Crippen LogP contribution < -0.4 is 4.74 Å². The lowest BCUT2D eigenvalue weighted by molar-refractivity contribution is 0.126. The molecule has 0 amide bonds. The second kappa shape index (κ2) is 8.65. The molecular formula is C21H17ClN2O3S. The van der Waals surface area contributed by atoms with Gasteiger partial charge in [-0.3, -0.25) is 0 Å². The Morgan fingerprint density at radius 1 is 1.00 bits per heavy atom. The number of aliphatic hydroxyl groups is 1. The van der Waals surface area contributed by atoms with Gasteiger partial charge in [-0.25, -0.2) is 0 Å². The van der Waals surface area contributed by atoms with Gasteiger partial charge in [0.2, 0.25) is 5.89 Å². The van der Waals surface area contributed by atoms with Gasteiger partial charge in [0.15, 0.2) is 0 Å². The molecule has 4 rings (SSSR count). The number of ether oxygens (including phenoxy) is 1. The number of halogens is 1. The molecule has 0 aliphatic carbocycles. The van der Waals surface area contributed by atoms with E-state index in [1.807, 2.05) is 54.6 Å². The molecule has 1 N–H and O–H groups in total. The van der Waals surface area contributed by atoms with Gasteiger partial charge in [-0.05, 0) is 47.2 Å². The molecule has 1 aromatic heterocycles. The van der Waals surface area contributed by atoms with Crippen molar-refractivity contribution in [1.29, 1.82) is 0 Å². The lowest BCUT2D eigenvalue weighted by Crippen LogP contribution is -2.20. The van der Waals surface area contributed by atoms with E-state index in [9.17, 15) is 5.11 Å². The summed E-state index contributed by atoms with van der Waals surface area (Å²) in [4.78, 5) is 0. The lowest BCUT2D eigenvalue weighted by Gasteiger charge is -2.11. The Labute approximate surface area is 171 Å². The molecule has 5 nitrogen and oxygen atoms in total. The van der Waals surface area contributed by atoms with Crippen molar-refractivity contribution < 1.29 is 14.3 Å². The first kappa shape index (κ1) is 18.8. The van der Waals surface area contributed by atoms with E-state index < -0.39 is 6.10 Å². The van der Waals surface area contributed by atoms with Crippen LogP contribution in [-0.4, -0.2) is 33.8 Å². The fourth-order valence-corrected chi connectivity index (χ4v) is 3.44. The number of nitrogens with zero attached hydrogens (tertiary/aromatic N) is 2. The Balaban J connectivity index is 1.29. The predicted molar refractivity (Wildman–Crippen MR) is 111 cm³/mol. The van der Waals surface area contributed by atoms with Crippen LogP contribution in [0.15, 0.2) is 76.4 Å². The summed E-state index contributed by atoms with van der Waals surface area (Å²) >= 11 is 7.17. The van der Waals surface area contributed by atoms with Gasteiger partial charge in [-0.1, -0.05) is 53.7 Å². The quantitative estimate of drug-likeness (QED) is 0.427. The molecule has 1 atom stereocenters. The SMILES string of the molecule is OC(COc1ccc2ccccc2c1)CSc1nnc(-c2ccc(Cl)cc2)o1. The van der Waals surface area contributed by atoms with Crippen molar-refractivity contribution in [2.45, 2.75) is 11.3 Å². The van der Waals surface area contributed by atoms with E-state index in [1.165, 1.54) is 11.8 Å². The number of rotatable bonds is 7. The van der Waals surface area contributed by atoms with Crippen LogP contribution in [0.1, 0.15) is 0 Å². The van der Waals surface area contributed by atoms with Crippen LogP contribution in [0.25, 0.3) is 22.2 Å². The summed E-state index contributed by atoms with van der Waals surface area (Å²) in [6.45, 7) is 0.184. The first-order valence-electron chi connectivity index (χ1n) is 8.69. The van der Waals surface area contributed by atoms with Crippen LogP contribution in [0.2, 0.25) is 5.02 Å². The number of hydrogen-bond donors (Lipinski definition) is 1. The molecule has 0 aliphatic rings. The van der Waals surface area contributed by atoms with Gasteiger partial charge in [0.1, 0.15) is 12.4 Å². The molecule has 0 aliphatic heterocycles. The number of aliphatic hydroxyl groups excluding tert-OH is 1. The standard InChI is InChI=1S/C21H17ClN2O3S/c22-17-8-5-15(6-9-17)20-23-24-21(27-20)28-13-18(25)12-26-19-10-7-14-3-1-2-4-16(14)11-19/h1-11,18,25H,12-13H2. The monoisotopic (exact) mass is 412 g/mol. The molecule has 4 aromatic rings. The smallest absolute Gasteiger partial charge is 0.276 e. The van der Waals surface area contributed by atoms with Crippen molar-refractivity contribution in [3.63, 3.8) is 0 Å². The van der Waals surface area contributed by atoms with E-state index in [4.69, 9.17) is 20.8 Å². The summed E-state index contributed by atoms with van der Waals surface area (Å²) in [5.74, 6) is 1.53. The largest absolute Gasteiger partial charge is 0.491 e. The molecule has 28 heavy (non-hydrogen) atoms. The number of thioether (sulfide) groups is 1. The third-order valence-electron chi connectivity index (χ3n) is 4.06. The summed E-state index contributed by atoms with van der Waals surface area (Å²) in [6, 6.07) is 21.1. The molecule has 1 heterocycles. The summed E-state index contributed by atoms with van der Waals surface area (Å²) in [6.07, 6.45) is -0.664. The Morgan fingerprint density at radius 2 is 1.79 bits per heavy atom. The van der Waals surface area contributed by atoms with Gasteiger partial charge >= 0.3 is 0 Å². The average molecular weight is 413 g/mol. The molecule has 0 fully saturated rings. The van der Waals surface area contributed by atoms with Crippen LogP contribution in [0.4, 0.5) is 0 Å². The topological polar surface area (TPSA) is 68.4 Å². The average Bonchev–Trinajstić information content (AvgIpc) is 3.20. The predicted octanol–water partition coefficient (Wildman–Crippen LogP) is 5.08. The van der Waals surface area contributed by atoms with Crippen LogP contribution in [-0.2, 0) is 0 Å². The molecule has 0 saturated carbocycles.